The van der Waals surface area contributed by atoms with Crippen LogP contribution in [0.2, 0.25) is 0 Å². The zero-order valence-electron chi connectivity index (χ0n) is 31.5. The summed E-state index contributed by atoms with van der Waals surface area (Å²) in [5, 5.41) is 5.00. The first-order valence-corrected chi connectivity index (χ1v) is 19.6. The molecule has 0 unspecified atom stereocenters. The third-order valence-electron chi connectivity index (χ3n) is 11.1. The molecule has 0 aliphatic heterocycles. The van der Waals surface area contributed by atoms with E-state index in [4.69, 9.17) is 0 Å². The molecule has 1 nitrogen and oxygen atoms in total. The molecule has 0 N–H and O–H groups in total. The van der Waals surface area contributed by atoms with Gasteiger partial charge >= 0.3 is 0 Å². The van der Waals surface area contributed by atoms with E-state index in [-0.39, 0.29) is 0 Å². The van der Waals surface area contributed by atoms with Crippen LogP contribution in [0.25, 0.3) is 77.2 Å². The third-order valence-corrected chi connectivity index (χ3v) is 11.1. The molecule has 10 rings (SSSR count). The molecular formula is C56H39N. The van der Waals surface area contributed by atoms with Crippen molar-refractivity contribution < 1.29 is 0 Å². The summed E-state index contributed by atoms with van der Waals surface area (Å²) in [7, 11) is 0. The molecule has 268 valence electrons. The Kier molecular flexibility index (Phi) is 8.95. The van der Waals surface area contributed by atoms with E-state index in [2.05, 4.69) is 241 Å². The minimum Gasteiger partial charge on any atom is -0.311 e. The molecule has 0 radical (unpaired) electrons. The largest absolute Gasteiger partial charge is 0.311 e. The summed E-state index contributed by atoms with van der Waals surface area (Å²) in [5.74, 6) is 0. The van der Waals surface area contributed by atoms with Crippen molar-refractivity contribution in [2.75, 3.05) is 4.90 Å². The molecule has 0 atom stereocenters. The van der Waals surface area contributed by atoms with Gasteiger partial charge in [-0.15, -0.1) is 0 Å². The molecule has 0 aliphatic carbocycles. The minimum atomic E-state index is 1.10. The van der Waals surface area contributed by atoms with Gasteiger partial charge in [0.25, 0.3) is 0 Å². The van der Waals surface area contributed by atoms with Gasteiger partial charge < -0.3 is 4.90 Å². The fraction of sp³-hybridized carbons (Fsp3) is 0. The summed E-state index contributed by atoms with van der Waals surface area (Å²) in [6, 6.07) is 85.6. The number of anilines is 3. The van der Waals surface area contributed by atoms with Gasteiger partial charge in [-0.2, -0.15) is 0 Å². The molecule has 10 aromatic rings. The Balaban J connectivity index is 0.950. The second kappa shape index (κ2) is 15.0. The monoisotopic (exact) mass is 725 g/mol. The molecule has 10 aromatic carbocycles. The van der Waals surface area contributed by atoms with Crippen LogP contribution in [0.4, 0.5) is 17.1 Å². The lowest BCUT2D eigenvalue weighted by Crippen LogP contribution is -2.09. The van der Waals surface area contributed by atoms with Crippen LogP contribution < -0.4 is 4.90 Å². The fourth-order valence-electron chi connectivity index (χ4n) is 7.95. The predicted octanol–water partition coefficient (Wildman–Crippen LogP) is 15.8. The Bertz CT molecular complexity index is 2950. The van der Waals surface area contributed by atoms with Gasteiger partial charge in [-0.3, -0.25) is 0 Å². The fourth-order valence-corrected chi connectivity index (χ4v) is 7.95. The van der Waals surface area contributed by atoms with Crippen molar-refractivity contribution in [3.05, 3.63) is 237 Å². The summed E-state index contributed by atoms with van der Waals surface area (Å²) in [6.45, 7) is 0. The van der Waals surface area contributed by atoms with E-state index in [9.17, 15) is 0 Å². The second-order valence-electron chi connectivity index (χ2n) is 14.6. The van der Waals surface area contributed by atoms with Crippen LogP contribution in [0.1, 0.15) is 0 Å². The molecule has 0 aliphatic rings. The highest BCUT2D eigenvalue weighted by Gasteiger charge is 2.14. The topological polar surface area (TPSA) is 3.24 Å². The molecule has 0 fully saturated rings. The van der Waals surface area contributed by atoms with Crippen molar-refractivity contribution in [2.45, 2.75) is 0 Å². The van der Waals surface area contributed by atoms with Gasteiger partial charge in [0, 0.05) is 17.1 Å². The third kappa shape index (κ3) is 6.99. The first kappa shape index (κ1) is 34.0. The molecule has 0 amide bonds. The summed E-state index contributed by atoms with van der Waals surface area (Å²) in [5.41, 5.74) is 15.4. The number of rotatable bonds is 8. The first-order chi connectivity index (χ1) is 28.2. The maximum Gasteiger partial charge on any atom is 0.0462 e. The quantitative estimate of drug-likeness (QED) is 0.151. The van der Waals surface area contributed by atoms with E-state index in [1.54, 1.807) is 0 Å². The second-order valence-corrected chi connectivity index (χ2v) is 14.6. The standard InChI is InChI=1S/C56H39N/c1-3-9-40(10-4-1)43-15-17-44(18-16-43)46-27-33-55(34-28-46)57(54-31-25-45(26-32-54)41-11-5-2-6-12-41)56-35-29-47(30-36-56)49-21-22-52-39-53(24-23-51(52)38-49)50-20-19-42-13-7-8-14-48(42)37-50/h1-39H. The zero-order valence-corrected chi connectivity index (χ0v) is 31.5. The van der Waals surface area contributed by atoms with E-state index >= 15 is 0 Å². The van der Waals surface area contributed by atoms with Gasteiger partial charge in [-0.25, -0.2) is 0 Å². The molecule has 0 spiro atoms. The Morgan fingerprint density at radius 3 is 0.825 bits per heavy atom. The Hall–Kier alpha value is -7.48. The number of benzene rings is 10. The highest BCUT2D eigenvalue weighted by Crippen LogP contribution is 2.38. The molecule has 57 heavy (non-hydrogen) atoms. The van der Waals surface area contributed by atoms with Crippen molar-refractivity contribution in [1.82, 2.24) is 0 Å². The molecular weight excluding hydrogens is 687 g/mol. The van der Waals surface area contributed by atoms with Gasteiger partial charge in [0.1, 0.15) is 0 Å². The SMILES string of the molecule is c1ccc(-c2ccc(-c3ccc(N(c4ccc(-c5ccccc5)cc4)c4ccc(-c5ccc6cc(-c7ccc8ccccc8c7)ccc6c5)cc4)cc3)cc2)cc1. The lowest BCUT2D eigenvalue weighted by Gasteiger charge is -2.26. The number of hydrogen-bond acceptors (Lipinski definition) is 1. The number of nitrogens with zero attached hydrogens (tertiary/aromatic N) is 1. The van der Waals surface area contributed by atoms with Crippen molar-refractivity contribution in [1.29, 1.82) is 0 Å². The van der Waals surface area contributed by atoms with Gasteiger partial charge in [0.2, 0.25) is 0 Å². The smallest absolute Gasteiger partial charge is 0.0462 e. The summed E-state index contributed by atoms with van der Waals surface area (Å²) in [6.07, 6.45) is 0. The van der Waals surface area contributed by atoms with Crippen LogP contribution in [-0.2, 0) is 0 Å². The first-order valence-electron chi connectivity index (χ1n) is 19.6. The minimum absolute atomic E-state index is 1.10. The van der Waals surface area contributed by atoms with Gasteiger partial charge in [0.15, 0.2) is 0 Å². The van der Waals surface area contributed by atoms with Crippen molar-refractivity contribution >= 4 is 38.6 Å². The highest BCUT2D eigenvalue weighted by atomic mass is 15.1. The normalized spacial score (nSPS) is 11.2. The predicted molar refractivity (Wildman–Crippen MR) is 243 cm³/mol. The lowest BCUT2D eigenvalue weighted by molar-refractivity contribution is 1.28. The number of fused-ring (bicyclic) bond motifs is 2. The van der Waals surface area contributed by atoms with Gasteiger partial charge in [0.05, 0.1) is 0 Å². The van der Waals surface area contributed by atoms with E-state index in [1.807, 2.05) is 0 Å². The molecule has 0 aromatic heterocycles. The van der Waals surface area contributed by atoms with Crippen LogP contribution in [0.15, 0.2) is 237 Å². The van der Waals surface area contributed by atoms with Crippen molar-refractivity contribution in [2.24, 2.45) is 0 Å². The van der Waals surface area contributed by atoms with Crippen LogP contribution in [0.5, 0.6) is 0 Å². The molecule has 0 saturated heterocycles. The molecule has 0 bridgehead atoms. The lowest BCUT2D eigenvalue weighted by atomic mass is 9.96. The van der Waals surface area contributed by atoms with E-state index in [1.165, 1.54) is 77.2 Å². The zero-order chi connectivity index (χ0) is 38.0. The summed E-state index contributed by atoms with van der Waals surface area (Å²) >= 11 is 0. The summed E-state index contributed by atoms with van der Waals surface area (Å²) in [4.78, 5) is 2.34. The van der Waals surface area contributed by atoms with Crippen LogP contribution in [0, 0.1) is 0 Å². The van der Waals surface area contributed by atoms with Crippen molar-refractivity contribution in [3.8, 4) is 55.6 Å². The van der Waals surface area contributed by atoms with E-state index in [0.717, 1.165) is 17.1 Å². The Morgan fingerprint density at radius 1 is 0.175 bits per heavy atom. The Morgan fingerprint density at radius 2 is 0.421 bits per heavy atom. The van der Waals surface area contributed by atoms with Gasteiger partial charge in [-0.05, 0) is 132 Å². The Labute approximate surface area is 334 Å². The number of hydrogen-bond donors (Lipinski definition) is 0. The van der Waals surface area contributed by atoms with E-state index in [0.29, 0.717) is 0 Å². The highest BCUT2D eigenvalue weighted by molar-refractivity contribution is 5.93. The van der Waals surface area contributed by atoms with Crippen LogP contribution in [0.3, 0.4) is 0 Å². The molecule has 1 heteroatoms. The van der Waals surface area contributed by atoms with Crippen molar-refractivity contribution in [3.63, 3.8) is 0 Å². The summed E-state index contributed by atoms with van der Waals surface area (Å²) < 4.78 is 0. The molecule has 0 heterocycles. The van der Waals surface area contributed by atoms with Crippen LogP contribution in [-0.4, -0.2) is 0 Å². The maximum absolute atomic E-state index is 2.34. The van der Waals surface area contributed by atoms with E-state index < -0.39 is 0 Å². The van der Waals surface area contributed by atoms with Gasteiger partial charge in [-0.1, -0.05) is 182 Å². The average Bonchev–Trinajstić information content (AvgIpc) is 3.30. The maximum atomic E-state index is 2.34. The van der Waals surface area contributed by atoms with Crippen LogP contribution >= 0.6 is 0 Å². The molecule has 0 saturated carbocycles. The average molecular weight is 726 g/mol.